The summed E-state index contributed by atoms with van der Waals surface area (Å²) in [6.45, 7) is 3.88. The fraction of sp³-hybridized carbons (Fsp3) is 0.111. The number of carbonyl (C=O) groups is 2. The van der Waals surface area contributed by atoms with Gasteiger partial charge in [-0.3, -0.25) is 9.59 Å². The van der Waals surface area contributed by atoms with Crippen LogP contribution >= 0.6 is 34.8 Å². The van der Waals surface area contributed by atoms with Crippen LogP contribution in [0, 0.1) is 13.8 Å². The lowest BCUT2D eigenvalue weighted by Crippen LogP contribution is -2.32. The second-order valence-corrected chi connectivity index (χ2v) is 6.80. The standard InChI is InChI=1S/C18H13Cl3N2O2/c1-9-4-3-5-14(10(9)2)22-16-15(21)17(24)23(18(16)25)11-6-7-12(19)13(20)8-11/h3-8,22H,1-2H3. The van der Waals surface area contributed by atoms with Crippen LogP contribution < -0.4 is 10.2 Å². The summed E-state index contributed by atoms with van der Waals surface area (Å²) in [5.74, 6) is -1.16. The second-order valence-electron chi connectivity index (χ2n) is 5.61. The first-order valence-corrected chi connectivity index (χ1v) is 8.51. The monoisotopic (exact) mass is 394 g/mol. The van der Waals surface area contributed by atoms with E-state index in [0.717, 1.165) is 16.0 Å². The molecule has 2 aromatic carbocycles. The van der Waals surface area contributed by atoms with Crippen molar-refractivity contribution in [2.75, 3.05) is 10.2 Å². The molecule has 2 amide bonds. The second kappa shape index (κ2) is 6.71. The van der Waals surface area contributed by atoms with E-state index in [9.17, 15) is 9.59 Å². The smallest absolute Gasteiger partial charge is 0.283 e. The number of halogens is 3. The van der Waals surface area contributed by atoms with Gasteiger partial charge in [-0.05, 0) is 49.2 Å². The van der Waals surface area contributed by atoms with Gasteiger partial charge in [0, 0.05) is 5.69 Å². The summed E-state index contributed by atoms with van der Waals surface area (Å²) in [6, 6.07) is 10.1. The van der Waals surface area contributed by atoms with Crippen molar-refractivity contribution in [3.05, 3.63) is 68.3 Å². The van der Waals surface area contributed by atoms with Crippen LogP contribution in [0.5, 0.6) is 0 Å². The quantitative estimate of drug-likeness (QED) is 0.740. The van der Waals surface area contributed by atoms with Crippen molar-refractivity contribution in [2.45, 2.75) is 13.8 Å². The summed E-state index contributed by atoms with van der Waals surface area (Å²) in [5, 5.41) is 3.39. The number of nitrogens with zero attached hydrogens (tertiary/aromatic N) is 1. The number of carbonyl (C=O) groups excluding carboxylic acids is 2. The Labute approximate surface area is 160 Å². The number of hydrogen-bond acceptors (Lipinski definition) is 3. The highest BCUT2D eigenvalue weighted by molar-refractivity contribution is 6.53. The number of anilines is 2. The molecule has 2 aromatic rings. The molecule has 1 heterocycles. The molecule has 0 unspecified atom stereocenters. The number of aryl methyl sites for hydroxylation is 1. The Balaban J connectivity index is 1.96. The molecule has 128 valence electrons. The maximum Gasteiger partial charge on any atom is 0.283 e. The van der Waals surface area contributed by atoms with E-state index in [1.807, 2.05) is 32.0 Å². The summed E-state index contributed by atoms with van der Waals surface area (Å²) in [4.78, 5) is 26.2. The molecule has 0 spiro atoms. The van der Waals surface area contributed by atoms with Gasteiger partial charge in [0.15, 0.2) is 0 Å². The Morgan fingerprint density at radius 2 is 1.64 bits per heavy atom. The topological polar surface area (TPSA) is 49.4 Å². The summed E-state index contributed by atoms with van der Waals surface area (Å²) >= 11 is 18.0. The van der Waals surface area contributed by atoms with E-state index in [4.69, 9.17) is 34.8 Å². The zero-order valence-electron chi connectivity index (χ0n) is 13.4. The fourth-order valence-corrected chi connectivity index (χ4v) is 3.00. The summed E-state index contributed by atoms with van der Waals surface area (Å²) in [6.07, 6.45) is 0. The number of nitrogens with one attached hydrogen (secondary N) is 1. The van der Waals surface area contributed by atoms with E-state index in [-0.39, 0.29) is 15.8 Å². The zero-order valence-corrected chi connectivity index (χ0v) is 15.6. The molecule has 0 saturated carbocycles. The fourth-order valence-electron chi connectivity index (χ4n) is 2.49. The predicted octanol–water partition coefficient (Wildman–Crippen LogP) is 5.05. The molecule has 1 aliphatic rings. The molecular formula is C18H13Cl3N2O2. The van der Waals surface area contributed by atoms with E-state index >= 15 is 0 Å². The van der Waals surface area contributed by atoms with E-state index in [1.54, 1.807) is 0 Å². The van der Waals surface area contributed by atoms with Gasteiger partial charge in [0.1, 0.15) is 10.7 Å². The lowest BCUT2D eigenvalue weighted by molar-refractivity contribution is -0.120. The summed E-state index contributed by atoms with van der Waals surface area (Å²) in [7, 11) is 0. The van der Waals surface area contributed by atoms with Crippen molar-refractivity contribution in [1.82, 2.24) is 0 Å². The average molecular weight is 396 g/mol. The molecular weight excluding hydrogens is 383 g/mol. The lowest BCUT2D eigenvalue weighted by atomic mass is 10.1. The van der Waals surface area contributed by atoms with Crippen molar-refractivity contribution in [3.8, 4) is 0 Å². The largest absolute Gasteiger partial charge is 0.349 e. The Kier molecular flexibility index (Phi) is 4.78. The Morgan fingerprint density at radius 3 is 2.32 bits per heavy atom. The van der Waals surface area contributed by atoms with Crippen LogP contribution in [0.25, 0.3) is 0 Å². The normalized spacial score (nSPS) is 14.5. The third-order valence-electron chi connectivity index (χ3n) is 4.05. The molecule has 0 bridgehead atoms. The number of rotatable bonds is 3. The Hall–Kier alpha value is -2.01. The number of amides is 2. The van der Waals surface area contributed by atoms with Gasteiger partial charge < -0.3 is 5.32 Å². The molecule has 25 heavy (non-hydrogen) atoms. The van der Waals surface area contributed by atoms with E-state index in [0.29, 0.717) is 16.4 Å². The van der Waals surface area contributed by atoms with Gasteiger partial charge in [-0.1, -0.05) is 46.9 Å². The molecule has 3 rings (SSSR count). The van der Waals surface area contributed by atoms with Crippen LogP contribution in [0.1, 0.15) is 11.1 Å². The lowest BCUT2D eigenvalue weighted by Gasteiger charge is -2.16. The molecule has 1 aliphatic heterocycles. The minimum Gasteiger partial charge on any atom is -0.349 e. The highest BCUT2D eigenvalue weighted by atomic mass is 35.5. The maximum atomic E-state index is 12.7. The SMILES string of the molecule is Cc1cccc(NC2=C(Cl)C(=O)N(c3ccc(Cl)c(Cl)c3)C2=O)c1C. The van der Waals surface area contributed by atoms with Gasteiger partial charge in [0.2, 0.25) is 0 Å². The van der Waals surface area contributed by atoms with Gasteiger partial charge in [-0.15, -0.1) is 0 Å². The molecule has 0 radical (unpaired) electrons. The first kappa shape index (κ1) is 17.8. The highest BCUT2D eigenvalue weighted by Gasteiger charge is 2.39. The van der Waals surface area contributed by atoms with E-state index in [1.165, 1.54) is 18.2 Å². The Bertz CT molecular complexity index is 938. The van der Waals surface area contributed by atoms with Crippen LogP contribution in [0.15, 0.2) is 47.1 Å². The molecule has 0 fully saturated rings. The Morgan fingerprint density at radius 1 is 0.920 bits per heavy atom. The average Bonchev–Trinajstić information content (AvgIpc) is 2.78. The first-order chi connectivity index (χ1) is 11.8. The van der Waals surface area contributed by atoms with Gasteiger partial charge in [0.05, 0.1) is 15.7 Å². The van der Waals surface area contributed by atoms with Gasteiger partial charge in [-0.2, -0.15) is 0 Å². The summed E-state index contributed by atoms with van der Waals surface area (Å²) in [5.41, 5.74) is 3.07. The molecule has 0 aromatic heterocycles. The van der Waals surface area contributed by atoms with Crippen LogP contribution in [0.3, 0.4) is 0 Å². The third kappa shape index (κ3) is 3.13. The van der Waals surface area contributed by atoms with Crippen molar-refractivity contribution < 1.29 is 9.59 Å². The zero-order chi connectivity index (χ0) is 18.3. The molecule has 0 saturated heterocycles. The van der Waals surface area contributed by atoms with Crippen LogP contribution in [0.2, 0.25) is 10.0 Å². The molecule has 0 aliphatic carbocycles. The third-order valence-corrected chi connectivity index (χ3v) is 5.14. The van der Waals surface area contributed by atoms with Gasteiger partial charge in [0.25, 0.3) is 11.8 Å². The minimum absolute atomic E-state index is 0.0337. The maximum absolute atomic E-state index is 12.7. The van der Waals surface area contributed by atoms with Crippen molar-refractivity contribution in [3.63, 3.8) is 0 Å². The number of benzene rings is 2. The van der Waals surface area contributed by atoms with Crippen molar-refractivity contribution in [1.29, 1.82) is 0 Å². The van der Waals surface area contributed by atoms with Gasteiger partial charge in [-0.25, -0.2) is 4.90 Å². The van der Waals surface area contributed by atoms with Crippen LogP contribution in [-0.4, -0.2) is 11.8 Å². The number of imide groups is 1. The molecule has 4 nitrogen and oxygen atoms in total. The van der Waals surface area contributed by atoms with Crippen molar-refractivity contribution >= 4 is 58.0 Å². The molecule has 7 heteroatoms. The minimum atomic E-state index is -0.613. The highest BCUT2D eigenvalue weighted by Crippen LogP contribution is 2.34. The van der Waals surface area contributed by atoms with E-state index < -0.39 is 11.8 Å². The molecule has 0 atom stereocenters. The first-order valence-electron chi connectivity index (χ1n) is 7.38. The molecule has 1 N–H and O–H groups in total. The number of hydrogen-bond donors (Lipinski definition) is 1. The predicted molar refractivity (Wildman–Crippen MR) is 101 cm³/mol. The van der Waals surface area contributed by atoms with Gasteiger partial charge >= 0.3 is 0 Å². The van der Waals surface area contributed by atoms with Crippen LogP contribution in [-0.2, 0) is 9.59 Å². The summed E-state index contributed by atoms with van der Waals surface area (Å²) < 4.78 is 0. The van der Waals surface area contributed by atoms with Crippen molar-refractivity contribution in [2.24, 2.45) is 0 Å². The van der Waals surface area contributed by atoms with E-state index in [2.05, 4.69) is 5.32 Å². The van der Waals surface area contributed by atoms with Crippen LogP contribution in [0.4, 0.5) is 11.4 Å².